The Labute approximate surface area is 178 Å². The van der Waals surface area contributed by atoms with Crippen LogP contribution in [0.2, 0.25) is 0 Å². The Morgan fingerprint density at radius 1 is 1.07 bits per heavy atom. The van der Waals surface area contributed by atoms with E-state index in [0.29, 0.717) is 32.0 Å². The molecule has 1 heterocycles. The molecule has 0 spiro atoms. The largest absolute Gasteiger partial charge is 0.497 e. The highest BCUT2D eigenvalue weighted by Gasteiger charge is 2.24. The van der Waals surface area contributed by atoms with Gasteiger partial charge in [-0.1, -0.05) is 12.1 Å². The zero-order valence-corrected chi connectivity index (χ0v) is 18.3. The summed E-state index contributed by atoms with van der Waals surface area (Å²) in [5.74, 6) is 0.970. The van der Waals surface area contributed by atoms with Crippen LogP contribution in [-0.2, 0) is 20.7 Å². The van der Waals surface area contributed by atoms with Gasteiger partial charge in [0.25, 0.3) is 0 Å². The first-order valence-corrected chi connectivity index (χ1v) is 10.3. The van der Waals surface area contributed by atoms with E-state index in [-0.39, 0.29) is 18.4 Å². The van der Waals surface area contributed by atoms with E-state index in [0.717, 1.165) is 24.2 Å². The number of likely N-dealkylation sites (tertiary alicyclic amines) is 1. The van der Waals surface area contributed by atoms with E-state index in [4.69, 9.17) is 9.47 Å². The van der Waals surface area contributed by atoms with Crippen molar-refractivity contribution in [3.63, 3.8) is 0 Å². The van der Waals surface area contributed by atoms with E-state index in [1.54, 1.807) is 32.8 Å². The SMILES string of the molecule is COc1ccc(CC(=O)NCC2CCN(C(=O)CNC(=O)OC(C)(C)C)CC2)cc1. The van der Waals surface area contributed by atoms with Crippen LogP contribution in [0, 0.1) is 5.92 Å². The van der Waals surface area contributed by atoms with Gasteiger partial charge in [-0.2, -0.15) is 0 Å². The van der Waals surface area contributed by atoms with Crippen LogP contribution >= 0.6 is 0 Å². The molecule has 166 valence electrons. The molecule has 30 heavy (non-hydrogen) atoms. The van der Waals surface area contributed by atoms with E-state index in [2.05, 4.69) is 10.6 Å². The Hall–Kier alpha value is -2.77. The predicted octanol–water partition coefficient (Wildman–Crippen LogP) is 2.12. The monoisotopic (exact) mass is 419 g/mol. The van der Waals surface area contributed by atoms with Crippen LogP contribution in [0.3, 0.4) is 0 Å². The average Bonchev–Trinajstić information content (AvgIpc) is 2.70. The van der Waals surface area contributed by atoms with Gasteiger partial charge in [-0.05, 0) is 57.2 Å². The lowest BCUT2D eigenvalue weighted by molar-refractivity contribution is -0.131. The summed E-state index contributed by atoms with van der Waals surface area (Å²) in [6, 6.07) is 7.45. The maximum absolute atomic E-state index is 12.3. The zero-order valence-electron chi connectivity index (χ0n) is 18.3. The Morgan fingerprint density at radius 2 is 1.70 bits per heavy atom. The first-order chi connectivity index (χ1) is 14.2. The Bertz CT molecular complexity index is 719. The minimum absolute atomic E-state index is 0.0137. The lowest BCUT2D eigenvalue weighted by atomic mass is 9.96. The van der Waals surface area contributed by atoms with Gasteiger partial charge in [-0.15, -0.1) is 0 Å². The average molecular weight is 420 g/mol. The van der Waals surface area contributed by atoms with E-state index in [9.17, 15) is 14.4 Å². The molecule has 2 rings (SSSR count). The third-order valence-corrected chi connectivity index (χ3v) is 4.86. The minimum Gasteiger partial charge on any atom is -0.497 e. The van der Waals surface area contributed by atoms with Crippen molar-refractivity contribution >= 4 is 17.9 Å². The van der Waals surface area contributed by atoms with Gasteiger partial charge >= 0.3 is 6.09 Å². The highest BCUT2D eigenvalue weighted by atomic mass is 16.6. The maximum atomic E-state index is 12.3. The predicted molar refractivity (Wildman–Crippen MR) is 113 cm³/mol. The van der Waals surface area contributed by atoms with Crippen LogP contribution in [0.15, 0.2) is 24.3 Å². The van der Waals surface area contributed by atoms with Gasteiger partial charge in [0.1, 0.15) is 17.9 Å². The number of hydrogen-bond donors (Lipinski definition) is 2. The minimum atomic E-state index is -0.594. The molecular weight excluding hydrogens is 386 g/mol. The van der Waals surface area contributed by atoms with Crippen molar-refractivity contribution in [1.82, 2.24) is 15.5 Å². The Kier molecular flexibility index (Phi) is 8.50. The number of rotatable bonds is 7. The first kappa shape index (κ1) is 23.5. The third-order valence-electron chi connectivity index (χ3n) is 4.86. The fourth-order valence-corrected chi connectivity index (χ4v) is 3.21. The van der Waals surface area contributed by atoms with Crippen LogP contribution in [0.5, 0.6) is 5.75 Å². The number of hydrogen-bond acceptors (Lipinski definition) is 5. The number of nitrogens with zero attached hydrogens (tertiary/aromatic N) is 1. The molecule has 0 bridgehead atoms. The summed E-state index contributed by atoms with van der Waals surface area (Å²) < 4.78 is 10.3. The normalized spacial score (nSPS) is 14.7. The molecule has 1 aromatic rings. The smallest absolute Gasteiger partial charge is 0.408 e. The molecule has 0 aliphatic carbocycles. The lowest BCUT2D eigenvalue weighted by Gasteiger charge is -2.32. The van der Waals surface area contributed by atoms with Crippen molar-refractivity contribution in [2.75, 3.05) is 33.3 Å². The summed E-state index contributed by atoms with van der Waals surface area (Å²) in [6.07, 6.45) is 1.38. The first-order valence-electron chi connectivity index (χ1n) is 10.3. The summed E-state index contributed by atoms with van der Waals surface area (Å²) in [5, 5.41) is 5.49. The quantitative estimate of drug-likeness (QED) is 0.706. The number of amides is 3. The number of ether oxygens (including phenoxy) is 2. The number of alkyl carbamates (subject to hydrolysis) is 1. The van der Waals surface area contributed by atoms with Gasteiger partial charge in [-0.25, -0.2) is 4.79 Å². The van der Waals surface area contributed by atoms with Gasteiger partial charge in [-0.3, -0.25) is 9.59 Å². The molecule has 8 nitrogen and oxygen atoms in total. The van der Waals surface area contributed by atoms with Crippen molar-refractivity contribution in [3.05, 3.63) is 29.8 Å². The van der Waals surface area contributed by atoms with E-state index >= 15 is 0 Å². The van der Waals surface area contributed by atoms with Gasteiger partial charge in [0.2, 0.25) is 11.8 Å². The van der Waals surface area contributed by atoms with Crippen LogP contribution in [0.1, 0.15) is 39.2 Å². The fraction of sp³-hybridized carbons (Fsp3) is 0.591. The number of piperidine rings is 1. The van der Waals surface area contributed by atoms with Crippen LogP contribution in [-0.4, -0.2) is 61.7 Å². The topological polar surface area (TPSA) is 97.0 Å². The maximum Gasteiger partial charge on any atom is 0.408 e. The van der Waals surface area contributed by atoms with Gasteiger partial charge in [0.15, 0.2) is 0 Å². The molecule has 2 N–H and O–H groups in total. The standard InChI is InChI=1S/C22H33N3O5/c1-22(2,3)30-21(28)24-15-20(27)25-11-9-17(10-12-25)14-23-19(26)13-16-5-7-18(29-4)8-6-16/h5-8,17H,9-15H2,1-4H3,(H,23,26)(H,24,28). The van der Waals surface area contributed by atoms with E-state index in [1.807, 2.05) is 24.3 Å². The van der Waals surface area contributed by atoms with E-state index < -0.39 is 11.7 Å². The van der Waals surface area contributed by atoms with Crippen LogP contribution in [0.4, 0.5) is 4.79 Å². The summed E-state index contributed by atoms with van der Waals surface area (Å²) in [7, 11) is 1.61. The molecule has 1 aromatic carbocycles. The van der Waals surface area contributed by atoms with Gasteiger partial charge in [0.05, 0.1) is 13.5 Å². The molecule has 1 saturated heterocycles. The van der Waals surface area contributed by atoms with Gasteiger partial charge in [0, 0.05) is 19.6 Å². The summed E-state index contributed by atoms with van der Waals surface area (Å²) >= 11 is 0. The molecular formula is C22H33N3O5. The van der Waals surface area contributed by atoms with Crippen molar-refractivity contribution in [3.8, 4) is 5.75 Å². The lowest BCUT2D eigenvalue weighted by Crippen LogP contribution is -2.46. The van der Waals surface area contributed by atoms with Gasteiger partial charge < -0.3 is 25.0 Å². The summed E-state index contributed by atoms with van der Waals surface area (Å²) in [6.45, 7) is 7.09. The number of methoxy groups -OCH3 is 1. The van der Waals surface area contributed by atoms with Crippen LogP contribution < -0.4 is 15.4 Å². The zero-order chi connectivity index (χ0) is 22.1. The molecule has 1 aliphatic rings. The summed E-state index contributed by atoms with van der Waals surface area (Å²) in [5.41, 5.74) is 0.342. The van der Waals surface area contributed by atoms with E-state index in [1.165, 1.54) is 0 Å². The van der Waals surface area contributed by atoms with Crippen molar-refractivity contribution in [2.24, 2.45) is 5.92 Å². The number of nitrogens with one attached hydrogen (secondary N) is 2. The molecule has 0 atom stereocenters. The molecule has 3 amide bonds. The Balaban J connectivity index is 1.64. The molecule has 0 unspecified atom stereocenters. The van der Waals surface area contributed by atoms with Crippen molar-refractivity contribution in [2.45, 2.75) is 45.6 Å². The Morgan fingerprint density at radius 3 is 2.27 bits per heavy atom. The second-order valence-electron chi connectivity index (χ2n) is 8.51. The van der Waals surface area contributed by atoms with Crippen molar-refractivity contribution in [1.29, 1.82) is 0 Å². The molecule has 0 aromatic heterocycles. The second kappa shape index (κ2) is 10.8. The molecule has 1 fully saturated rings. The van der Waals surface area contributed by atoms with Crippen LogP contribution in [0.25, 0.3) is 0 Å². The van der Waals surface area contributed by atoms with Crippen molar-refractivity contribution < 1.29 is 23.9 Å². The highest BCUT2D eigenvalue weighted by Crippen LogP contribution is 2.17. The summed E-state index contributed by atoms with van der Waals surface area (Å²) in [4.78, 5) is 37.8. The third kappa shape index (κ3) is 8.31. The molecule has 1 aliphatic heterocycles. The fourth-order valence-electron chi connectivity index (χ4n) is 3.21. The number of carbonyl (C=O) groups is 3. The number of benzene rings is 1. The molecule has 8 heteroatoms. The highest BCUT2D eigenvalue weighted by molar-refractivity contribution is 5.82. The molecule has 0 radical (unpaired) electrons. The number of carbonyl (C=O) groups excluding carboxylic acids is 3. The second-order valence-corrected chi connectivity index (χ2v) is 8.51. The molecule has 0 saturated carbocycles.